The van der Waals surface area contributed by atoms with Gasteiger partial charge in [-0.1, -0.05) is 18.2 Å². The Labute approximate surface area is 171 Å². The summed E-state index contributed by atoms with van der Waals surface area (Å²) >= 11 is 0. The molecule has 1 atom stereocenters. The zero-order chi connectivity index (χ0) is 20.7. The van der Waals surface area contributed by atoms with Crippen molar-refractivity contribution >= 4 is 16.7 Å². The van der Waals surface area contributed by atoms with Gasteiger partial charge in [-0.2, -0.15) is 13.2 Å². The molecule has 3 aromatic rings. The van der Waals surface area contributed by atoms with Crippen molar-refractivity contribution < 1.29 is 22.6 Å². The van der Waals surface area contributed by atoms with Gasteiger partial charge in [0.15, 0.2) is 11.5 Å². The average Bonchev–Trinajstić information content (AvgIpc) is 3.10. The predicted molar refractivity (Wildman–Crippen MR) is 106 cm³/mol. The molecule has 0 amide bonds. The fraction of sp³-hybridized carbons (Fsp3) is 0.364. The summed E-state index contributed by atoms with van der Waals surface area (Å²) in [5.41, 5.74) is 1.27. The first kappa shape index (κ1) is 19.0. The number of aromatic nitrogens is 2. The van der Waals surface area contributed by atoms with Crippen LogP contribution in [0.5, 0.6) is 11.5 Å². The van der Waals surface area contributed by atoms with Crippen molar-refractivity contribution in [3.05, 3.63) is 53.9 Å². The maximum absolute atomic E-state index is 13.5. The Kier molecular flexibility index (Phi) is 4.64. The number of hydrogen-bond donors (Lipinski definition) is 0. The molecule has 0 bridgehead atoms. The van der Waals surface area contributed by atoms with Gasteiger partial charge >= 0.3 is 6.18 Å². The lowest BCUT2D eigenvalue weighted by Gasteiger charge is -2.28. The second kappa shape index (κ2) is 7.34. The summed E-state index contributed by atoms with van der Waals surface area (Å²) in [5, 5.41) is 0.617. The van der Waals surface area contributed by atoms with Crippen LogP contribution in [0.25, 0.3) is 10.9 Å². The largest absolute Gasteiger partial charge is 0.490 e. The third-order valence-electron chi connectivity index (χ3n) is 5.52. The molecule has 30 heavy (non-hydrogen) atoms. The Bertz CT molecular complexity index is 1090. The molecule has 0 aliphatic carbocycles. The normalized spacial score (nSPS) is 19.2. The van der Waals surface area contributed by atoms with Gasteiger partial charge in [-0.15, -0.1) is 0 Å². The third-order valence-corrected chi connectivity index (χ3v) is 5.52. The molecule has 0 spiro atoms. The van der Waals surface area contributed by atoms with E-state index >= 15 is 0 Å². The lowest BCUT2D eigenvalue weighted by atomic mass is 10.0. The van der Waals surface area contributed by atoms with Gasteiger partial charge in [-0.3, -0.25) is 0 Å². The minimum atomic E-state index is -4.61. The fourth-order valence-electron chi connectivity index (χ4n) is 4.16. The molecule has 0 N–H and O–H groups in total. The SMILES string of the molecule is FC(F)(F)c1nc(N2CCCC2c2ccc3c(c2)OCCCO3)c2ccccc2n1. The minimum absolute atomic E-state index is 0.0958. The van der Waals surface area contributed by atoms with Crippen LogP contribution in [0.15, 0.2) is 42.5 Å². The van der Waals surface area contributed by atoms with Crippen LogP contribution in [0.4, 0.5) is 19.0 Å². The molecule has 2 aliphatic heterocycles. The molecule has 156 valence electrons. The van der Waals surface area contributed by atoms with Crippen LogP contribution in [0, 0.1) is 0 Å². The average molecular weight is 415 g/mol. The Morgan fingerprint density at radius 3 is 2.57 bits per heavy atom. The second-order valence-electron chi connectivity index (χ2n) is 7.49. The molecule has 5 nitrogen and oxygen atoms in total. The maximum atomic E-state index is 13.5. The van der Waals surface area contributed by atoms with Crippen molar-refractivity contribution in [2.24, 2.45) is 0 Å². The molecule has 2 aromatic carbocycles. The Balaban J connectivity index is 1.59. The maximum Gasteiger partial charge on any atom is 0.451 e. The van der Waals surface area contributed by atoms with Crippen molar-refractivity contribution in [1.29, 1.82) is 0 Å². The number of nitrogens with zero attached hydrogens (tertiary/aromatic N) is 3. The van der Waals surface area contributed by atoms with Crippen molar-refractivity contribution in [3.8, 4) is 11.5 Å². The molecular formula is C22H20F3N3O2. The summed E-state index contributed by atoms with van der Waals surface area (Å²) in [6.07, 6.45) is -2.12. The number of benzene rings is 2. The first-order chi connectivity index (χ1) is 14.5. The molecule has 1 aromatic heterocycles. The number of hydrogen-bond acceptors (Lipinski definition) is 5. The summed E-state index contributed by atoms with van der Waals surface area (Å²) in [6.45, 7) is 1.81. The van der Waals surface area contributed by atoms with Gasteiger partial charge in [0.2, 0.25) is 5.82 Å². The molecule has 0 saturated carbocycles. The van der Waals surface area contributed by atoms with Crippen LogP contribution < -0.4 is 14.4 Å². The number of rotatable bonds is 2. The van der Waals surface area contributed by atoms with Crippen molar-refractivity contribution in [2.45, 2.75) is 31.5 Å². The van der Waals surface area contributed by atoms with Gasteiger partial charge < -0.3 is 14.4 Å². The molecule has 8 heteroatoms. The van der Waals surface area contributed by atoms with E-state index in [0.717, 1.165) is 24.8 Å². The van der Waals surface area contributed by atoms with Crippen LogP contribution >= 0.6 is 0 Å². The number of halogens is 3. The van der Waals surface area contributed by atoms with E-state index in [1.54, 1.807) is 24.3 Å². The molecule has 2 aliphatic rings. The lowest BCUT2D eigenvalue weighted by Crippen LogP contribution is -2.25. The summed E-state index contributed by atoms with van der Waals surface area (Å²) in [6, 6.07) is 12.5. The van der Waals surface area contributed by atoms with Crippen molar-refractivity contribution in [1.82, 2.24) is 9.97 Å². The van der Waals surface area contributed by atoms with E-state index in [1.165, 1.54) is 0 Å². The van der Waals surface area contributed by atoms with E-state index in [1.807, 2.05) is 23.1 Å². The number of alkyl halides is 3. The van der Waals surface area contributed by atoms with Crippen molar-refractivity contribution in [3.63, 3.8) is 0 Å². The van der Waals surface area contributed by atoms with Gasteiger partial charge in [0.1, 0.15) is 5.82 Å². The third kappa shape index (κ3) is 3.40. The first-order valence-corrected chi connectivity index (χ1v) is 10.0. The zero-order valence-corrected chi connectivity index (χ0v) is 16.2. The molecule has 1 fully saturated rings. The smallest absolute Gasteiger partial charge is 0.451 e. The number of fused-ring (bicyclic) bond motifs is 2. The monoisotopic (exact) mass is 415 g/mol. The molecule has 3 heterocycles. The lowest BCUT2D eigenvalue weighted by molar-refractivity contribution is -0.144. The van der Waals surface area contributed by atoms with E-state index in [-0.39, 0.29) is 6.04 Å². The van der Waals surface area contributed by atoms with Crippen LogP contribution in [0.2, 0.25) is 0 Å². The summed E-state index contributed by atoms with van der Waals surface area (Å²) < 4.78 is 51.9. The highest BCUT2D eigenvalue weighted by Crippen LogP contribution is 2.42. The number of ether oxygens (including phenoxy) is 2. The number of para-hydroxylation sites is 1. The highest BCUT2D eigenvalue weighted by atomic mass is 19.4. The topological polar surface area (TPSA) is 47.5 Å². The quantitative estimate of drug-likeness (QED) is 0.579. The Hall–Kier alpha value is -3.03. The Morgan fingerprint density at radius 1 is 0.933 bits per heavy atom. The highest BCUT2D eigenvalue weighted by Gasteiger charge is 2.37. The van der Waals surface area contributed by atoms with E-state index < -0.39 is 12.0 Å². The summed E-state index contributed by atoms with van der Waals surface area (Å²) in [4.78, 5) is 9.67. The zero-order valence-electron chi connectivity index (χ0n) is 16.2. The first-order valence-electron chi connectivity index (χ1n) is 10.0. The minimum Gasteiger partial charge on any atom is -0.490 e. The molecule has 5 rings (SSSR count). The number of anilines is 1. The predicted octanol–water partition coefficient (Wildman–Crippen LogP) is 5.15. The summed E-state index contributed by atoms with van der Waals surface area (Å²) in [5.74, 6) is 0.594. The second-order valence-corrected chi connectivity index (χ2v) is 7.49. The van der Waals surface area contributed by atoms with E-state index in [2.05, 4.69) is 9.97 Å². The molecule has 1 unspecified atom stereocenters. The highest BCUT2D eigenvalue weighted by molar-refractivity contribution is 5.90. The van der Waals surface area contributed by atoms with Crippen LogP contribution in [-0.2, 0) is 6.18 Å². The van der Waals surface area contributed by atoms with E-state index in [9.17, 15) is 13.2 Å². The van der Waals surface area contributed by atoms with E-state index in [4.69, 9.17) is 9.47 Å². The van der Waals surface area contributed by atoms with Crippen LogP contribution in [-0.4, -0.2) is 29.7 Å². The fourth-order valence-corrected chi connectivity index (χ4v) is 4.16. The van der Waals surface area contributed by atoms with E-state index in [0.29, 0.717) is 48.0 Å². The van der Waals surface area contributed by atoms with Gasteiger partial charge in [-0.25, -0.2) is 9.97 Å². The summed E-state index contributed by atoms with van der Waals surface area (Å²) in [7, 11) is 0. The van der Waals surface area contributed by atoms with Gasteiger partial charge in [0, 0.05) is 18.4 Å². The van der Waals surface area contributed by atoms with Crippen LogP contribution in [0.3, 0.4) is 0 Å². The van der Waals surface area contributed by atoms with Gasteiger partial charge in [-0.05, 0) is 42.7 Å². The molecule has 0 radical (unpaired) electrons. The molecular weight excluding hydrogens is 395 g/mol. The van der Waals surface area contributed by atoms with Gasteiger partial charge in [0.05, 0.1) is 24.8 Å². The standard InChI is InChI=1S/C22H20F3N3O2/c23-22(24,25)21-26-16-6-2-1-5-15(16)20(27-21)28-10-3-7-17(28)14-8-9-18-19(13-14)30-12-4-11-29-18/h1-2,5-6,8-9,13,17H,3-4,7,10-12H2. The van der Waals surface area contributed by atoms with Gasteiger partial charge in [0.25, 0.3) is 0 Å². The van der Waals surface area contributed by atoms with Crippen molar-refractivity contribution in [2.75, 3.05) is 24.7 Å². The Morgan fingerprint density at radius 2 is 1.73 bits per heavy atom. The van der Waals surface area contributed by atoms with Crippen LogP contribution in [0.1, 0.15) is 36.7 Å². The molecule has 1 saturated heterocycles.